The standard InChI is InChI=1S/C16H15N3O3/c20-15(14-7-3-10-22-14)17-8-4-9-19-11-18-13-6-2-1-5-12(13)16(19)21/h1-3,5-7,10-11H,4,8-9H2,(H,17,20). The van der Waals surface area contributed by atoms with E-state index in [2.05, 4.69) is 10.3 Å². The van der Waals surface area contributed by atoms with Crippen molar-refractivity contribution < 1.29 is 9.21 Å². The van der Waals surface area contributed by atoms with Gasteiger partial charge in [-0.15, -0.1) is 0 Å². The van der Waals surface area contributed by atoms with Crippen LogP contribution in [-0.2, 0) is 6.54 Å². The number of nitrogens with one attached hydrogen (secondary N) is 1. The molecule has 22 heavy (non-hydrogen) atoms. The number of aryl methyl sites for hydroxylation is 1. The fourth-order valence-corrected chi connectivity index (χ4v) is 2.21. The Bertz CT molecular complexity index is 837. The highest BCUT2D eigenvalue weighted by Crippen LogP contribution is 2.04. The quantitative estimate of drug-likeness (QED) is 0.729. The molecule has 0 atom stereocenters. The summed E-state index contributed by atoms with van der Waals surface area (Å²) < 4.78 is 6.56. The Balaban J connectivity index is 1.59. The van der Waals surface area contributed by atoms with Crippen LogP contribution in [0.15, 0.2) is 58.2 Å². The van der Waals surface area contributed by atoms with Crippen LogP contribution in [0.3, 0.4) is 0 Å². The summed E-state index contributed by atoms with van der Waals surface area (Å²) in [4.78, 5) is 28.2. The van der Waals surface area contributed by atoms with Crippen molar-refractivity contribution in [1.82, 2.24) is 14.9 Å². The Labute approximate surface area is 126 Å². The van der Waals surface area contributed by atoms with E-state index in [1.807, 2.05) is 18.2 Å². The maximum Gasteiger partial charge on any atom is 0.286 e. The predicted molar refractivity (Wildman–Crippen MR) is 81.7 cm³/mol. The van der Waals surface area contributed by atoms with Gasteiger partial charge in [0.15, 0.2) is 5.76 Å². The van der Waals surface area contributed by atoms with Gasteiger partial charge in [0.25, 0.3) is 11.5 Å². The molecular weight excluding hydrogens is 282 g/mol. The number of furan rings is 1. The van der Waals surface area contributed by atoms with Crippen LogP contribution < -0.4 is 10.9 Å². The number of carbonyl (C=O) groups is 1. The minimum absolute atomic E-state index is 0.0667. The Morgan fingerprint density at radius 1 is 1.23 bits per heavy atom. The lowest BCUT2D eigenvalue weighted by atomic mass is 10.2. The number of para-hydroxylation sites is 1. The zero-order valence-electron chi connectivity index (χ0n) is 11.9. The lowest BCUT2D eigenvalue weighted by Crippen LogP contribution is -2.27. The summed E-state index contributed by atoms with van der Waals surface area (Å²) in [5, 5.41) is 3.34. The monoisotopic (exact) mass is 297 g/mol. The highest BCUT2D eigenvalue weighted by molar-refractivity contribution is 5.91. The maximum atomic E-state index is 12.3. The first kappa shape index (κ1) is 14.1. The number of rotatable bonds is 5. The second-order valence-electron chi connectivity index (χ2n) is 4.85. The molecule has 0 aliphatic carbocycles. The molecule has 1 aromatic carbocycles. The number of carbonyl (C=O) groups excluding carboxylic acids is 1. The minimum Gasteiger partial charge on any atom is -0.459 e. The molecule has 0 saturated heterocycles. The molecule has 6 nitrogen and oxygen atoms in total. The smallest absolute Gasteiger partial charge is 0.286 e. The highest BCUT2D eigenvalue weighted by atomic mass is 16.3. The second-order valence-corrected chi connectivity index (χ2v) is 4.85. The van der Waals surface area contributed by atoms with Gasteiger partial charge in [0.2, 0.25) is 0 Å². The third kappa shape index (κ3) is 2.90. The Hall–Kier alpha value is -2.89. The van der Waals surface area contributed by atoms with Crippen LogP contribution in [0.25, 0.3) is 10.9 Å². The number of fused-ring (bicyclic) bond motifs is 1. The molecule has 0 unspecified atom stereocenters. The lowest BCUT2D eigenvalue weighted by Gasteiger charge is -2.07. The minimum atomic E-state index is -0.256. The van der Waals surface area contributed by atoms with Crippen molar-refractivity contribution in [1.29, 1.82) is 0 Å². The summed E-state index contributed by atoms with van der Waals surface area (Å²) in [6.45, 7) is 0.952. The number of amides is 1. The van der Waals surface area contributed by atoms with E-state index in [4.69, 9.17) is 4.42 Å². The van der Waals surface area contributed by atoms with Crippen LogP contribution in [0.1, 0.15) is 17.0 Å². The fourth-order valence-electron chi connectivity index (χ4n) is 2.21. The van der Waals surface area contributed by atoms with Crippen molar-refractivity contribution in [3.8, 4) is 0 Å². The van der Waals surface area contributed by atoms with Crippen LogP contribution in [0.4, 0.5) is 0 Å². The molecule has 0 radical (unpaired) electrons. The molecule has 0 saturated carbocycles. The first-order chi connectivity index (χ1) is 10.8. The SMILES string of the molecule is O=C(NCCCn1cnc2ccccc2c1=O)c1ccco1. The van der Waals surface area contributed by atoms with Crippen molar-refractivity contribution in [2.75, 3.05) is 6.54 Å². The van der Waals surface area contributed by atoms with Crippen molar-refractivity contribution in [2.45, 2.75) is 13.0 Å². The van der Waals surface area contributed by atoms with Crippen LogP contribution in [0.2, 0.25) is 0 Å². The van der Waals surface area contributed by atoms with Gasteiger partial charge in [-0.2, -0.15) is 0 Å². The molecule has 3 aromatic rings. The number of hydrogen-bond acceptors (Lipinski definition) is 4. The van der Waals surface area contributed by atoms with E-state index >= 15 is 0 Å². The largest absolute Gasteiger partial charge is 0.459 e. The van der Waals surface area contributed by atoms with Gasteiger partial charge in [0, 0.05) is 13.1 Å². The van der Waals surface area contributed by atoms with Gasteiger partial charge in [-0.05, 0) is 30.7 Å². The van der Waals surface area contributed by atoms with Gasteiger partial charge in [-0.3, -0.25) is 14.2 Å². The number of benzene rings is 1. The van der Waals surface area contributed by atoms with Gasteiger partial charge in [-0.1, -0.05) is 12.1 Å². The fraction of sp³-hybridized carbons (Fsp3) is 0.188. The highest BCUT2D eigenvalue weighted by Gasteiger charge is 2.07. The Morgan fingerprint density at radius 3 is 2.91 bits per heavy atom. The number of nitrogens with zero attached hydrogens (tertiary/aromatic N) is 2. The van der Waals surface area contributed by atoms with Gasteiger partial charge in [-0.25, -0.2) is 4.98 Å². The number of aromatic nitrogens is 2. The molecule has 1 N–H and O–H groups in total. The van der Waals surface area contributed by atoms with E-state index in [9.17, 15) is 9.59 Å². The molecule has 0 bridgehead atoms. The van der Waals surface area contributed by atoms with Gasteiger partial charge < -0.3 is 9.73 Å². The molecule has 0 aliphatic rings. The lowest BCUT2D eigenvalue weighted by molar-refractivity contribution is 0.0925. The zero-order valence-corrected chi connectivity index (χ0v) is 11.9. The van der Waals surface area contributed by atoms with Gasteiger partial charge in [0.05, 0.1) is 23.5 Å². The Morgan fingerprint density at radius 2 is 2.09 bits per heavy atom. The average Bonchev–Trinajstić information content (AvgIpc) is 3.08. The van der Waals surface area contributed by atoms with Crippen LogP contribution >= 0.6 is 0 Å². The normalized spacial score (nSPS) is 10.7. The molecule has 0 spiro atoms. The van der Waals surface area contributed by atoms with Crippen molar-refractivity contribution in [2.24, 2.45) is 0 Å². The van der Waals surface area contributed by atoms with Crippen LogP contribution in [0.5, 0.6) is 0 Å². The predicted octanol–water partition coefficient (Wildman–Crippen LogP) is 1.81. The van der Waals surface area contributed by atoms with E-state index in [-0.39, 0.29) is 17.2 Å². The summed E-state index contributed by atoms with van der Waals surface area (Å²) >= 11 is 0. The van der Waals surface area contributed by atoms with Crippen molar-refractivity contribution in [3.05, 3.63) is 65.1 Å². The van der Waals surface area contributed by atoms with Crippen molar-refractivity contribution in [3.63, 3.8) is 0 Å². The van der Waals surface area contributed by atoms with Crippen LogP contribution in [0, 0.1) is 0 Å². The molecular formula is C16H15N3O3. The van der Waals surface area contributed by atoms with E-state index < -0.39 is 0 Å². The maximum absolute atomic E-state index is 12.3. The summed E-state index contributed by atoms with van der Waals surface area (Å²) in [5.41, 5.74) is 0.623. The molecule has 112 valence electrons. The zero-order chi connectivity index (χ0) is 15.4. The average molecular weight is 297 g/mol. The summed E-state index contributed by atoms with van der Waals surface area (Å²) in [7, 11) is 0. The van der Waals surface area contributed by atoms with Crippen LogP contribution in [-0.4, -0.2) is 22.0 Å². The van der Waals surface area contributed by atoms with E-state index in [1.165, 1.54) is 6.26 Å². The third-order valence-electron chi connectivity index (χ3n) is 3.34. The summed E-state index contributed by atoms with van der Waals surface area (Å²) in [6.07, 6.45) is 3.63. The molecule has 3 rings (SSSR count). The van der Waals surface area contributed by atoms with Gasteiger partial charge in [0.1, 0.15) is 0 Å². The number of hydrogen-bond donors (Lipinski definition) is 1. The van der Waals surface area contributed by atoms with E-state index in [0.717, 1.165) is 0 Å². The second kappa shape index (κ2) is 6.26. The summed E-state index contributed by atoms with van der Waals surface area (Å²) in [6, 6.07) is 10.5. The Kier molecular flexibility index (Phi) is 4.00. The first-order valence-corrected chi connectivity index (χ1v) is 7.01. The first-order valence-electron chi connectivity index (χ1n) is 7.01. The molecule has 0 aliphatic heterocycles. The molecule has 2 aromatic heterocycles. The topological polar surface area (TPSA) is 77.1 Å². The molecule has 2 heterocycles. The van der Waals surface area contributed by atoms with Crippen molar-refractivity contribution >= 4 is 16.8 Å². The van der Waals surface area contributed by atoms with E-state index in [0.29, 0.717) is 30.4 Å². The summed E-state index contributed by atoms with van der Waals surface area (Å²) in [5.74, 6) is 0.0264. The molecule has 6 heteroatoms. The van der Waals surface area contributed by atoms with E-state index in [1.54, 1.807) is 29.1 Å². The molecule has 0 fully saturated rings. The third-order valence-corrected chi connectivity index (χ3v) is 3.34. The van der Waals surface area contributed by atoms with Gasteiger partial charge >= 0.3 is 0 Å². The molecule has 1 amide bonds.